The molecule has 0 bridgehead atoms. The third-order valence-electron chi connectivity index (χ3n) is 5.32. The molecule has 1 fully saturated rings. The molecule has 2 aromatic carbocycles. The monoisotopic (exact) mass is 547 g/mol. The summed E-state index contributed by atoms with van der Waals surface area (Å²) < 4.78 is 36.7. The first-order chi connectivity index (χ1) is 17.1. The van der Waals surface area contributed by atoms with E-state index in [0.717, 1.165) is 16.7 Å². The second kappa shape index (κ2) is 10.4. The minimum absolute atomic E-state index is 0.0437. The number of hydrogen-bond donors (Lipinski definition) is 2. The van der Waals surface area contributed by atoms with Gasteiger partial charge in [-0.25, -0.2) is 0 Å². The number of nitrogens with one attached hydrogen (secondary N) is 1. The standard InChI is InChI=1S/C23H21N3O7S3/c1-2-33-15-9-7-14(8-10-15)24-18(27)13-26-17-6-4-3-5-16(17)19(21(26)28)20-22(29)25(23(34)35-20)11-12-36(30,31)32/h3-10H,2,11-13H2,1H3,(H,24,27)(H,30,31,32). The fraction of sp³-hybridized carbons (Fsp3) is 0.217. The lowest BCUT2D eigenvalue weighted by Gasteiger charge is -2.17. The minimum atomic E-state index is -4.31. The first-order valence-corrected chi connectivity index (χ1v) is 13.6. The van der Waals surface area contributed by atoms with Gasteiger partial charge < -0.3 is 10.1 Å². The zero-order chi connectivity index (χ0) is 26.0. The molecule has 0 aliphatic carbocycles. The summed E-state index contributed by atoms with van der Waals surface area (Å²) >= 11 is 6.09. The SMILES string of the molecule is CCOc1ccc(NC(=O)CN2C(=O)C(=C3SC(=S)N(CCS(=O)(=O)O)C3=O)c3ccccc32)cc1. The van der Waals surface area contributed by atoms with Crippen LogP contribution < -0.4 is 15.0 Å². The van der Waals surface area contributed by atoms with Gasteiger partial charge in [0.25, 0.3) is 21.9 Å². The molecule has 2 aliphatic heterocycles. The molecule has 2 aliphatic rings. The Kier molecular flexibility index (Phi) is 7.45. The van der Waals surface area contributed by atoms with Gasteiger partial charge in [-0.15, -0.1) is 0 Å². The Morgan fingerprint density at radius 2 is 1.78 bits per heavy atom. The number of anilines is 2. The maximum atomic E-state index is 13.4. The lowest BCUT2D eigenvalue weighted by molar-refractivity contribution is -0.122. The van der Waals surface area contributed by atoms with Gasteiger partial charge in [-0.1, -0.05) is 42.2 Å². The summed E-state index contributed by atoms with van der Waals surface area (Å²) in [5.41, 5.74) is 1.55. The number of thiocarbonyl (C=S) groups is 1. The predicted molar refractivity (Wildman–Crippen MR) is 140 cm³/mol. The van der Waals surface area contributed by atoms with E-state index in [4.69, 9.17) is 21.5 Å². The first-order valence-electron chi connectivity index (χ1n) is 10.8. The number of carbonyl (C=O) groups is 3. The van der Waals surface area contributed by atoms with Crippen molar-refractivity contribution >= 4 is 73.1 Å². The maximum absolute atomic E-state index is 13.4. The van der Waals surface area contributed by atoms with Crippen molar-refractivity contribution < 1.29 is 32.1 Å². The number of hydrogen-bond acceptors (Lipinski definition) is 8. The number of para-hydroxylation sites is 1. The molecular formula is C23H21N3O7S3. The molecule has 4 rings (SSSR count). The van der Waals surface area contributed by atoms with Crippen molar-refractivity contribution in [2.45, 2.75) is 6.92 Å². The molecule has 3 amide bonds. The number of thioether (sulfide) groups is 1. The maximum Gasteiger partial charge on any atom is 0.267 e. The smallest absolute Gasteiger partial charge is 0.267 e. The van der Waals surface area contributed by atoms with E-state index in [1.165, 1.54) is 4.90 Å². The molecular weight excluding hydrogens is 526 g/mol. The number of carbonyl (C=O) groups excluding carboxylic acids is 3. The highest BCUT2D eigenvalue weighted by molar-refractivity contribution is 8.26. The topological polar surface area (TPSA) is 133 Å². The third kappa shape index (κ3) is 5.43. The molecule has 2 heterocycles. The quantitative estimate of drug-likeness (QED) is 0.291. The van der Waals surface area contributed by atoms with Crippen LogP contribution in [0.3, 0.4) is 0 Å². The van der Waals surface area contributed by atoms with Crippen molar-refractivity contribution in [3.63, 3.8) is 0 Å². The van der Waals surface area contributed by atoms with Crippen molar-refractivity contribution in [2.75, 3.05) is 35.7 Å². The number of rotatable bonds is 8. The predicted octanol–water partition coefficient (Wildman–Crippen LogP) is 2.53. The number of benzene rings is 2. The Bertz CT molecular complexity index is 1390. The summed E-state index contributed by atoms with van der Waals surface area (Å²) in [5.74, 6) is -1.65. The summed E-state index contributed by atoms with van der Waals surface area (Å²) in [5, 5.41) is 2.74. The molecule has 1 saturated heterocycles. The highest BCUT2D eigenvalue weighted by Crippen LogP contribution is 2.44. The van der Waals surface area contributed by atoms with E-state index in [1.807, 2.05) is 6.92 Å². The van der Waals surface area contributed by atoms with Crippen molar-refractivity contribution in [1.82, 2.24) is 4.90 Å². The highest BCUT2D eigenvalue weighted by Gasteiger charge is 2.42. The molecule has 0 aromatic heterocycles. The molecule has 0 spiro atoms. The van der Waals surface area contributed by atoms with E-state index in [2.05, 4.69) is 5.32 Å². The largest absolute Gasteiger partial charge is 0.494 e. The lowest BCUT2D eigenvalue weighted by Crippen LogP contribution is -2.36. The van der Waals surface area contributed by atoms with Gasteiger partial charge in [-0.2, -0.15) is 8.42 Å². The Hall–Kier alpha value is -3.26. The second-order valence-electron chi connectivity index (χ2n) is 7.73. The van der Waals surface area contributed by atoms with Crippen LogP contribution in [-0.2, 0) is 24.5 Å². The lowest BCUT2D eigenvalue weighted by atomic mass is 10.1. The van der Waals surface area contributed by atoms with Gasteiger partial charge in [0.15, 0.2) is 0 Å². The van der Waals surface area contributed by atoms with Crippen LogP contribution >= 0.6 is 24.0 Å². The van der Waals surface area contributed by atoms with Gasteiger partial charge in [0.2, 0.25) is 5.91 Å². The Morgan fingerprint density at radius 1 is 1.08 bits per heavy atom. The van der Waals surface area contributed by atoms with Crippen LogP contribution in [0.15, 0.2) is 53.4 Å². The van der Waals surface area contributed by atoms with Crippen molar-refractivity contribution in [3.05, 3.63) is 59.0 Å². The molecule has 0 saturated carbocycles. The highest BCUT2D eigenvalue weighted by atomic mass is 32.2. The molecule has 2 aromatic rings. The Morgan fingerprint density at radius 3 is 2.44 bits per heavy atom. The van der Waals surface area contributed by atoms with Crippen molar-refractivity contribution in [1.29, 1.82) is 0 Å². The van der Waals surface area contributed by atoms with Gasteiger partial charge in [0, 0.05) is 17.8 Å². The number of nitrogens with zero attached hydrogens (tertiary/aromatic N) is 2. The van der Waals surface area contributed by atoms with E-state index in [-0.39, 0.29) is 27.9 Å². The van der Waals surface area contributed by atoms with Crippen molar-refractivity contribution in [3.8, 4) is 5.75 Å². The second-order valence-corrected chi connectivity index (χ2v) is 10.9. The molecule has 36 heavy (non-hydrogen) atoms. The van der Waals surface area contributed by atoms with Crippen LogP contribution in [0.1, 0.15) is 12.5 Å². The van der Waals surface area contributed by atoms with Gasteiger partial charge >= 0.3 is 0 Å². The van der Waals surface area contributed by atoms with E-state index in [9.17, 15) is 22.8 Å². The molecule has 13 heteroatoms. The van der Waals surface area contributed by atoms with Crippen LogP contribution in [0.2, 0.25) is 0 Å². The number of amides is 3. The first kappa shape index (κ1) is 25.8. The molecule has 2 N–H and O–H groups in total. The molecule has 0 radical (unpaired) electrons. The minimum Gasteiger partial charge on any atom is -0.494 e. The fourth-order valence-corrected chi connectivity index (χ4v) is 5.54. The summed E-state index contributed by atoms with van der Waals surface area (Å²) in [6.07, 6.45) is 0. The summed E-state index contributed by atoms with van der Waals surface area (Å²) in [4.78, 5) is 41.6. The van der Waals surface area contributed by atoms with Gasteiger partial charge in [0.1, 0.15) is 16.6 Å². The Balaban J connectivity index is 1.57. The van der Waals surface area contributed by atoms with Crippen LogP contribution in [-0.4, -0.2) is 65.4 Å². The normalized spacial score (nSPS) is 17.6. The summed E-state index contributed by atoms with van der Waals surface area (Å²) in [6, 6.07) is 13.6. The molecule has 0 unspecified atom stereocenters. The average Bonchev–Trinajstić information content (AvgIpc) is 3.25. The molecule has 188 valence electrons. The van der Waals surface area contributed by atoms with Crippen LogP contribution in [0.25, 0.3) is 5.57 Å². The van der Waals surface area contributed by atoms with Crippen molar-refractivity contribution in [2.24, 2.45) is 0 Å². The van der Waals surface area contributed by atoms with Crippen LogP contribution in [0.5, 0.6) is 5.75 Å². The zero-order valence-electron chi connectivity index (χ0n) is 19.0. The van der Waals surface area contributed by atoms with E-state index in [0.29, 0.717) is 29.3 Å². The van der Waals surface area contributed by atoms with Gasteiger partial charge in [-0.3, -0.25) is 28.7 Å². The molecule has 10 nitrogen and oxygen atoms in total. The summed E-state index contributed by atoms with van der Waals surface area (Å²) in [6.45, 7) is 1.75. The Labute approximate surface area is 217 Å². The molecule has 0 atom stereocenters. The number of ether oxygens (including phenoxy) is 1. The average molecular weight is 548 g/mol. The van der Waals surface area contributed by atoms with Gasteiger partial charge in [-0.05, 0) is 37.3 Å². The van der Waals surface area contributed by atoms with E-state index < -0.39 is 33.6 Å². The summed E-state index contributed by atoms with van der Waals surface area (Å²) in [7, 11) is -4.31. The van der Waals surface area contributed by atoms with Gasteiger partial charge in [0.05, 0.1) is 28.5 Å². The van der Waals surface area contributed by atoms with E-state index in [1.54, 1.807) is 48.5 Å². The van der Waals surface area contributed by atoms with Crippen LogP contribution in [0.4, 0.5) is 11.4 Å². The zero-order valence-corrected chi connectivity index (χ0v) is 21.4. The van der Waals surface area contributed by atoms with E-state index >= 15 is 0 Å². The third-order valence-corrected chi connectivity index (χ3v) is 7.47. The van der Waals surface area contributed by atoms with Crippen LogP contribution in [0, 0.1) is 0 Å². The number of fused-ring (bicyclic) bond motifs is 1. The fourth-order valence-electron chi connectivity index (χ4n) is 3.75.